The molecule has 0 saturated heterocycles. The van der Waals surface area contributed by atoms with Crippen LogP contribution in [0.2, 0.25) is 0 Å². The molecule has 3 aromatic rings. The Balaban J connectivity index is 1.83. The second kappa shape index (κ2) is 6.14. The Morgan fingerprint density at radius 2 is 2.00 bits per heavy atom. The van der Waals surface area contributed by atoms with Gasteiger partial charge in [-0.15, -0.1) is 0 Å². The van der Waals surface area contributed by atoms with Crippen LogP contribution in [-0.2, 0) is 6.54 Å². The molecule has 0 aliphatic rings. The van der Waals surface area contributed by atoms with Gasteiger partial charge in [0.15, 0.2) is 0 Å². The molecule has 21 heavy (non-hydrogen) atoms. The Kier molecular flexibility index (Phi) is 4.06. The standard InChI is InChI=1S/C17H15BrN2O/c1-21-16-10-14(7-8-15(16)18)20-11-13-5-2-4-12-6-3-9-19-17(12)13/h2-10,20H,11H2,1H3. The first-order valence-corrected chi connectivity index (χ1v) is 7.47. The van der Waals surface area contributed by atoms with Crippen molar-refractivity contribution in [3.05, 3.63) is 64.8 Å². The van der Waals surface area contributed by atoms with Crippen molar-refractivity contribution in [3.8, 4) is 5.75 Å². The zero-order valence-corrected chi connectivity index (χ0v) is 13.2. The van der Waals surface area contributed by atoms with Crippen LogP contribution in [0.25, 0.3) is 10.9 Å². The Hall–Kier alpha value is -2.07. The minimum absolute atomic E-state index is 0.721. The van der Waals surface area contributed by atoms with E-state index in [0.717, 1.165) is 33.4 Å². The van der Waals surface area contributed by atoms with Crippen LogP contribution in [0, 0.1) is 0 Å². The van der Waals surface area contributed by atoms with E-state index >= 15 is 0 Å². The van der Waals surface area contributed by atoms with Gasteiger partial charge in [-0.25, -0.2) is 0 Å². The minimum atomic E-state index is 0.721. The monoisotopic (exact) mass is 342 g/mol. The maximum Gasteiger partial charge on any atom is 0.135 e. The molecule has 2 aromatic carbocycles. The molecule has 0 amide bonds. The lowest BCUT2D eigenvalue weighted by Gasteiger charge is -2.11. The van der Waals surface area contributed by atoms with E-state index in [0.29, 0.717) is 0 Å². The lowest BCUT2D eigenvalue weighted by atomic mass is 10.1. The van der Waals surface area contributed by atoms with Gasteiger partial charge in [0.1, 0.15) is 5.75 Å². The third-order valence-corrected chi connectivity index (χ3v) is 4.01. The van der Waals surface area contributed by atoms with Gasteiger partial charge in [0.2, 0.25) is 0 Å². The van der Waals surface area contributed by atoms with Gasteiger partial charge in [-0.05, 0) is 39.7 Å². The Labute approximate surface area is 132 Å². The molecule has 1 heterocycles. The highest BCUT2D eigenvalue weighted by molar-refractivity contribution is 9.10. The number of hydrogen-bond acceptors (Lipinski definition) is 3. The molecule has 1 aromatic heterocycles. The maximum absolute atomic E-state index is 5.31. The van der Waals surface area contributed by atoms with Crippen molar-refractivity contribution in [2.75, 3.05) is 12.4 Å². The predicted molar refractivity (Wildman–Crippen MR) is 89.8 cm³/mol. The molecule has 0 atom stereocenters. The number of ether oxygens (including phenoxy) is 1. The summed E-state index contributed by atoms with van der Waals surface area (Å²) in [4.78, 5) is 4.47. The summed E-state index contributed by atoms with van der Waals surface area (Å²) in [6.45, 7) is 0.721. The van der Waals surface area contributed by atoms with E-state index in [1.54, 1.807) is 7.11 Å². The highest BCUT2D eigenvalue weighted by atomic mass is 79.9. The average Bonchev–Trinajstić information content (AvgIpc) is 2.54. The average molecular weight is 343 g/mol. The van der Waals surface area contributed by atoms with Gasteiger partial charge >= 0.3 is 0 Å². The van der Waals surface area contributed by atoms with E-state index in [1.807, 2.05) is 30.5 Å². The molecular weight excluding hydrogens is 328 g/mol. The summed E-state index contributed by atoms with van der Waals surface area (Å²) in [5.41, 5.74) is 3.23. The highest BCUT2D eigenvalue weighted by Crippen LogP contribution is 2.28. The van der Waals surface area contributed by atoms with Gasteiger partial charge in [0, 0.05) is 29.9 Å². The van der Waals surface area contributed by atoms with Crippen molar-refractivity contribution in [1.82, 2.24) is 4.98 Å². The fourth-order valence-corrected chi connectivity index (χ4v) is 2.69. The SMILES string of the molecule is COc1cc(NCc2cccc3cccnc23)ccc1Br. The zero-order chi connectivity index (χ0) is 14.7. The van der Waals surface area contributed by atoms with Crippen LogP contribution < -0.4 is 10.1 Å². The van der Waals surface area contributed by atoms with Crippen LogP contribution in [0.1, 0.15) is 5.56 Å². The molecular formula is C17H15BrN2O. The van der Waals surface area contributed by atoms with Crippen LogP contribution >= 0.6 is 15.9 Å². The first kappa shape index (κ1) is 13.9. The van der Waals surface area contributed by atoms with Crippen molar-refractivity contribution in [2.45, 2.75) is 6.54 Å². The summed E-state index contributed by atoms with van der Waals surface area (Å²) >= 11 is 3.46. The van der Waals surface area contributed by atoms with Crippen molar-refractivity contribution >= 4 is 32.5 Å². The molecule has 4 heteroatoms. The predicted octanol–water partition coefficient (Wildman–Crippen LogP) is 4.62. The topological polar surface area (TPSA) is 34.1 Å². The van der Waals surface area contributed by atoms with Crippen molar-refractivity contribution in [1.29, 1.82) is 0 Å². The van der Waals surface area contributed by atoms with Crippen LogP contribution in [0.15, 0.2) is 59.2 Å². The zero-order valence-electron chi connectivity index (χ0n) is 11.6. The Bertz CT molecular complexity index is 768. The molecule has 0 radical (unpaired) electrons. The van der Waals surface area contributed by atoms with E-state index in [9.17, 15) is 0 Å². The van der Waals surface area contributed by atoms with Crippen LogP contribution in [0.5, 0.6) is 5.75 Å². The van der Waals surface area contributed by atoms with Crippen molar-refractivity contribution in [3.63, 3.8) is 0 Å². The summed E-state index contributed by atoms with van der Waals surface area (Å²) in [6, 6.07) is 16.2. The smallest absolute Gasteiger partial charge is 0.135 e. The summed E-state index contributed by atoms with van der Waals surface area (Å²) in [6.07, 6.45) is 1.83. The molecule has 0 aliphatic carbocycles. The van der Waals surface area contributed by atoms with Crippen LogP contribution in [0.3, 0.4) is 0 Å². The fraction of sp³-hybridized carbons (Fsp3) is 0.118. The first-order chi connectivity index (χ1) is 10.3. The number of nitrogens with zero attached hydrogens (tertiary/aromatic N) is 1. The quantitative estimate of drug-likeness (QED) is 0.751. The molecule has 0 aliphatic heterocycles. The van der Waals surface area contributed by atoms with E-state index in [2.05, 4.69) is 50.5 Å². The van der Waals surface area contributed by atoms with Gasteiger partial charge in [-0.1, -0.05) is 24.3 Å². The third kappa shape index (κ3) is 3.00. The molecule has 0 fully saturated rings. The summed E-state index contributed by atoms with van der Waals surface area (Å²) < 4.78 is 6.26. The van der Waals surface area contributed by atoms with Gasteiger partial charge in [0.25, 0.3) is 0 Å². The molecule has 3 rings (SSSR count). The number of rotatable bonds is 4. The van der Waals surface area contributed by atoms with E-state index in [1.165, 1.54) is 5.56 Å². The van der Waals surface area contributed by atoms with E-state index in [4.69, 9.17) is 4.74 Å². The van der Waals surface area contributed by atoms with Gasteiger partial charge < -0.3 is 10.1 Å². The number of fused-ring (bicyclic) bond motifs is 1. The molecule has 1 N–H and O–H groups in total. The van der Waals surface area contributed by atoms with E-state index in [-0.39, 0.29) is 0 Å². The number of benzene rings is 2. The lowest BCUT2D eigenvalue weighted by Crippen LogP contribution is -2.01. The summed E-state index contributed by atoms with van der Waals surface area (Å²) in [5.74, 6) is 0.816. The highest BCUT2D eigenvalue weighted by Gasteiger charge is 2.04. The molecule has 0 spiro atoms. The van der Waals surface area contributed by atoms with Crippen molar-refractivity contribution < 1.29 is 4.74 Å². The number of pyridine rings is 1. The molecule has 106 valence electrons. The van der Waals surface area contributed by atoms with Crippen LogP contribution in [0.4, 0.5) is 5.69 Å². The molecule has 0 bridgehead atoms. The fourth-order valence-electron chi connectivity index (χ4n) is 2.28. The second-order valence-corrected chi connectivity index (χ2v) is 5.55. The van der Waals surface area contributed by atoms with Crippen LogP contribution in [-0.4, -0.2) is 12.1 Å². The minimum Gasteiger partial charge on any atom is -0.495 e. The molecule has 0 saturated carbocycles. The van der Waals surface area contributed by atoms with E-state index < -0.39 is 0 Å². The summed E-state index contributed by atoms with van der Waals surface area (Å²) in [5, 5.41) is 4.57. The number of para-hydroxylation sites is 1. The molecule has 0 unspecified atom stereocenters. The second-order valence-electron chi connectivity index (χ2n) is 4.70. The Morgan fingerprint density at radius 3 is 2.86 bits per heavy atom. The Morgan fingerprint density at radius 1 is 1.14 bits per heavy atom. The van der Waals surface area contributed by atoms with Crippen molar-refractivity contribution in [2.24, 2.45) is 0 Å². The first-order valence-electron chi connectivity index (χ1n) is 6.68. The van der Waals surface area contributed by atoms with Gasteiger partial charge in [0.05, 0.1) is 17.1 Å². The lowest BCUT2D eigenvalue weighted by molar-refractivity contribution is 0.412. The normalized spacial score (nSPS) is 10.6. The van der Waals surface area contributed by atoms with Gasteiger partial charge in [-0.3, -0.25) is 4.98 Å². The largest absolute Gasteiger partial charge is 0.495 e. The van der Waals surface area contributed by atoms with Gasteiger partial charge in [-0.2, -0.15) is 0 Å². The molecule has 3 nitrogen and oxygen atoms in total. The third-order valence-electron chi connectivity index (χ3n) is 3.35. The number of anilines is 1. The number of nitrogens with one attached hydrogen (secondary N) is 1. The summed E-state index contributed by atoms with van der Waals surface area (Å²) in [7, 11) is 1.67. The number of hydrogen-bond donors (Lipinski definition) is 1. The number of methoxy groups -OCH3 is 1. The number of aromatic nitrogens is 1. The number of halogens is 1. The maximum atomic E-state index is 5.31.